The molecule has 0 fully saturated rings. The van der Waals surface area contributed by atoms with E-state index in [2.05, 4.69) is 5.32 Å². The van der Waals surface area contributed by atoms with E-state index in [1.54, 1.807) is 26.0 Å². The van der Waals surface area contributed by atoms with E-state index in [0.717, 1.165) is 5.69 Å². The molecule has 25 heavy (non-hydrogen) atoms. The zero-order chi connectivity index (χ0) is 18.4. The summed E-state index contributed by atoms with van der Waals surface area (Å²) in [5, 5.41) is 2.79. The lowest BCUT2D eigenvalue weighted by Gasteiger charge is -2.18. The van der Waals surface area contributed by atoms with Crippen molar-refractivity contribution in [2.45, 2.75) is 32.2 Å². The highest BCUT2D eigenvalue weighted by atomic mass is 32.2. The fraction of sp³-hybridized carbons (Fsp3) is 0.333. The van der Waals surface area contributed by atoms with Gasteiger partial charge in [-0.3, -0.25) is 4.79 Å². The molecule has 1 aromatic carbocycles. The summed E-state index contributed by atoms with van der Waals surface area (Å²) in [4.78, 5) is 12.4. The van der Waals surface area contributed by atoms with E-state index in [1.807, 2.05) is 35.9 Å². The minimum absolute atomic E-state index is 0.168. The van der Waals surface area contributed by atoms with E-state index in [0.29, 0.717) is 18.8 Å². The van der Waals surface area contributed by atoms with E-state index in [1.165, 1.54) is 16.4 Å². The summed E-state index contributed by atoms with van der Waals surface area (Å²) < 4.78 is 28.1. The fourth-order valence-corrected chi connectivity index (χ4v) is 3.98. The van der Waals surface area contributed by atoms with Gasteiger partial charge in [0.15, 0.2) is 11.9 Å². The van der Waals surface area contributed by atoms with E-state index >= 15 is 0 Å². The Morgan fingerprint density at radius 3 is 2.28 bits per heavy atom. The van der Waals surface area contributed by atoms with E-state index in [-0.39, 0.29) is 17.3 Å². The summed E-state index contributed by atoms with van der Waals surface area (Å²) in [5.74, 6) is -0.168. The number of aromatic nitrogens is 1. The maximum atomic E-state index is 12.4. The van der Waals surface area contributed by atoms with Crippen molar-refractivity contribution in [2.75, 3.05) is 18.4 Å². The first-order chi connectivity index (χ1) is 11.9. The van der Waals surface area contributed by atoms with Crippen LogP contribution in [0.3, 0.4) is 0 Å². The number of anilines is 1. The Morgan fingerprint density at radius 2 is 1.72 bits per heavy atom. The molecule has 0 spiro atoms. The van der Waals surface area contributed by atoms with Gasteiger partial charge in [-0.05, 0) is 24.3 Å². The first kappa shape index (κ1) is 19.1. The summed E-state index contributed by atoms with van der Waals surface area (Å²) in [7, 11) is -3.48. The molecule has 1 amide bonds. The van der Waals surface area contributed by atoms with Crippen molar-refractivity contribution in [1.29, 1.82) is 0 Å². The Bertz CT molecular complexity index is 829. The third-order valence-electron chi connectivity index (χ3n) is 3.96. The maximum Gasteiger partial charge on any atom is 0.290 e. The number of amides is 1. The zero-order valence-electron chi connectivity index (χ0n) is 14.8. The molecule has 0 radical (unpaired) electrons. The molecule has 0 aliphatic carbocycles. The fourth-order valence-electron chi connectivity index (χ4n) is 2.52. The molecule has 0 aliphatic heterocycles. The molecule has 0 saturated carbocycles. The smallest absolute Gasteiger partial charge is 0.290 e. The molecule has 0 aliphatic rings. The van der Waals surface area contributed by atoms with Crippen LogP contribution < -0.4 is 9.88 Å². The number of rotatable bonds is 7. The highest BCUT2D eigenvalue weighted by molar-refractivity contribution is 7.89. The number of pyridine rings is 1. The van der Waals surface area contributed by atoms with Crippen LogP contribution in [0.4, 0.5) is 5.69 Å². The van der Waals surface area contributed by atoms with Crippen molar-refractivity contribution in [2.24, 2.45) is 0 Å². The highest BCUT2D eigenvalue weighted by Crippen LogP contribution is 2.18. The third-order valence-corrected chi connectivity index (χ3v) is 6.03. The van der Waals surface area contributed by atoms with Gasteiger partial charge in [-0.15, -0.1) is 0 Å². The van der Waals surface area contributed by atoms with Gasteiger partial charge in [-0.25, -0.2) is 8.42 Å². The Balaban J connectivity index is 2.08. The van der Waals surface area contributed by atoms with Crippen molar-refractivity contribution in [3.63, 3.8) is 0 Å². The van der Waals surface area contributed by atoms with Crippen molar-refractivity contribution in [1.82, 2.24) is 4.31 Å². The number of hydrogen-bond donors (Lipinski definition) is 1. The average molecular weight is 362 g/mol. The first-order valence-electron chi connectivity index (χ1n) is 8.23. The van der Waals surface area contributed by atoms with Crippen LogP contribution in [-0.2, 0) is 21.4 Å². The summed E-state index contributed by atoms with van der Waals surface area (Å²) in [6, 6.07) is 12.0. The lowest BCUT2D eigenvalue weighted by atomic mass is 10.3. The summed E-state index contributed by atoms with van der Waals surface area (Å²) >= 11 is 0. The molecule has 0 saturated heterocycles. The summed E-state index contributed by atoms with van der Waals surface area (Å²) in [5.41, 5.74) is 1.55. The highest BCUT2D eigenvalue weighted by Gasteiger charge is 2.21. The topological polar surface area (TPSA) is 70.4 Å². The number of nitrogens with one attached hydrogen (secondary N) is 1. The lowest BCUT2D eigenvalue weighted by molar-refractivity contribution is -0.690. The van der Waals surface area contributed by atoms with E-state index in [9.17, 15) is 13.2 Å². The van der Waals surface area contributed by atoms with Gasteiger partial charge in [0.25, 0.3) is 5.91 Å². The van der Waals surface area contributed by atoms with Crippen molar-refractivity contribution < 1.29 is 17.8 Å². The van der Waals surface area contributed by atoms with Crippen LogP contribution in [0.5, 0.6) is 0 Å². The zero-order valence-corrected chi connectivity index (χ0v) is 15.6. The molecule has 1 aromatic heterocycles. The van der Waals surface area contributed by atoms with Gasteiger partial charge in [0, 0.05) is 37.8 Å². The van der Waals surface area contributed by atoms with Gasteiger partial charge in [0.2, 0.25) is 16.6 Å². The number of aryl methyl sites for hydroxylation is 1. The Kier molecular flexibility index (Phi) is 6.27. The second-order valence-corrected chi connectivity index (χ2v) is 7.57. The minimum Gasteiger partial charge on any atom is -0.321 e. The maximum absolute atomic E-state index is 12.4. The van der Waals surface area contributed by atoms with E-state index < -0.39 is 10.0 Å². The quantitative estimate of drug-likeness (QED) is 0.766. The lowest BCUT2D eigenvalue weighted by Crippen LogP contribution is -2.42. The largest absolute Gasteiger partial charge is 0.321 e. The summed E-state index contributed by atoms with van der Waals surface area (Å²) in [6.45, 7) is 6.58. The molecule has 0 bridgehead atoms. The number of hydrogen-bond acceptors (Lipinski definition) is 3. The minimum atomic E-state index is -3.48. The number of sulfonamides is 1. The molecule has 2 aromatic rings. The SMILES string of the molecule is CCN(CC)S(=O)(=O)c1ccc(NC(=O)C[n+]2ccccc2C)cc1. The Hall–Kier alpha value is -2.25. The van der Waals surface area contributed by atoms with Gasteiger partial charge in [-0.2, -0.15) is 8.87 Å². The first-order valence-corrected chi connectivity index (χ1v) is 9.67. The van der Waals surface area contributed by atoms with Crippen LogP contribution in [0.2, 0.25) is 0 Å². The van der Waals surface area contributed by atoms with Crippen LogP contribution in [0.25, 0.3) is 0 Å². The van der Waals surface area contributed by atoms with Crippen molar-refractivity contribution >= 4 is 21.6 Å². The van der Waals surface area contributed by atoms with Crippen LogP contribution in [0.1, 0.15) is 19.5 Å². The van der Waals surface area contributed by atoms with Crippen LogP contribution in [-0.4, -0.2) is 31.7 Å². The van der Waals surface area contributed by atoms with Crippen molar-refractivity contribution in [3.8, 4) is 0 Å². The standard InChI is InChI=1S/C18H23N3O3S/c1-4-21(5-2)25(23,24)17-11-9-16(10-12-17)19-18(22)14-20-13-7-6-8-15(20)3/h6-13H,4-5,14H2,1-3H3/p+1. The number of carbonyl (C=O) groups excluding carboxylic acids is 1. The molecular weight excluding hydrogens is 338 g/mol. The predicted molar refractivity (Wildman–Crippen MR) is 96.6 cm³/mol. The molecule has 1 N–H and O–H groups in total. The van der Waals surface area contributed by atoms with Crippen LogP contribution in [0, 0.1) is 6.92 Å². The monoisotopic (exact) mass is 362 g/mol. The molecule has 1 heterocycles. The molecule has 0 atom stereocenters. The van der Waals surface area contributed by atoms with E-state index in [4.69, 9.17) is 0 Å². The van der Waals surface area contributed by atoms with Crippen LogP contribution in [0.15, 0.2) is 53.6 Å². The second kappa shape index (κ2) is 8.22. The Morgan fingerprint density at radius 1 is 1.08 bits per heavy atom. The molecule has 2 rings (SSSR count). The molecule has 7 heteroatoms. The van der Waals surface area contributed by atoms with Gasteiger partial charge in [0.05, 0.1) is 4.90 Å². The number of carbonyl (C=O) groups is 1. The molecule has 6 nitrogen and oxygen atoms in total. The Labute approximate surface area is 149 Å². The second-order valence-electron chi connectivity index (χ2n) is 5.63. The molecular formula is C18H24N3O3S+. The molecule has 134 valence electrons. The number of benzene rings is 1. The van der Waals surface area contributed by atoms with Gasteiger partial charge in [-0.1, -0.05) is 19.9 Å². The molecule has 0 unspecified atom stereocenters. The van der Waals surface area contributed by atoms with Crippen molar-refractivity contribution in [3.05, 3.63) is 54.4 Å². The van der Waals surface area contributed by atoms with Gasteiger partial charge >= 0.3 is 0 Å². The third kappa shape index (κ3) is 4.64. The van der Waals surface area contributed by atoms with Gasteiger partial charge in [0.1, 0.15) is 0 Å². The summed E-state index contributed by atoms with van der Waals surface area (Å²) in [6.07, 6.45) is 1.84. The van der Waals surface area contributed by atoms with Crippen LogP contribution >= 0.6 is 0 Å². The normalized spacial score (nSPS) is 11.5. The van der Waals surface area contributed by atoms with Gasteiger partial charge < -0.3 is 5.32 Å². The average Bonchev–Trinajstić information content (AvgIpc) is 2.58. The predicted octanol–water partition coefficient (Wildman–Crippen LogP) is 1.95. The number of nitrogens with zero attached hydrogens (tertiary/aromatic N) is 2.